The van der Waals surface area contributed by atoms with Crippen LogP contribution in [0.4, 0.5) is 0 Å². The van der Waals surface area contributed by atoms with Crippen molar-refractivity contribution in [1.82, 2.24) is 10.6 Å². The molecule has 1 unspecified atom stereocenters. The molecule has 0 saturated heterocycles. The third-order valence-corrected chi connectivity index (χ3v) is 4.04. The van der Waals surface area contributed by atoms with E-state index in [0.29, 0.717) is 6.54 Å². The number of guanidine groups is 1. The highest BCUT2D eigenvalue weighted by atomic mass is 127. The standard InChI is InChI=1S/C19H31N3O2.HI/c1-3-20-19(21-11-4-12-24-14-16-7-8-16)22-13-18(23)17-9-5-15(2)6-10-17;/h5-6,9-10,16,18,23H,3-4,7-8,11-14H2,1-2H3,(H2,20,21,22);1H. The monoisotopic (exact) mass is 461 g/mol. The van der Waals surface area contributed by atoms with Crippen molar-refractivity contribution in [3.05, 3.63) is 35.4 Å². The van der Waals surface area contributed by atoms with Crippen molar-refractivity contribution in [2.75, 3.05) is 32.8 Å². The molecule has 1 fully saturated rings. The number of aryl methyl sites for hydroxylation is 1. The highest BCUT2D eigenvalue weighted by Crippen LogP contribution is 2.28. The number of ether oxygens (including phenoxy) is 1. The second kappa shape index (κ2) is 12.5. The fourth-order valence-corrected chi connectivity index (χ4v) is 2.33. The molecule has 0 spiro atoms. The molecule has 1 aromatic rings. The third kappa shape index (κ3) is 9.42. The summed E-state index contributed by atoms with van der Waals surface area (Å²) in [7, 11) is 0. The average molecular weight is 461 g/mol. The van der Waals surface area contributed by atoms with Gasteiger partial charge in [-0.3, -0.25) is 4.99 Å². The van der Waals surface area contributed by atoms with E-state index in [1.165, 1.54) is 18.4 Å². The first-order valence-corrected chi connectivity index (χ1v) is 9.03. The molecule has 25 heavy (non-hydrogen) atoms. The molecule has 1 aliphatic rings. The lowest BCUT2D eigenvalue weighted by Crippen LogP contribution is -2.38. The van der Waals surface area contributed by atoms with Gasteiger partial charge in [-0.05, 0) is 44.6 Å². The maximum Gasteiger partial charge on any atom is 0.191 e. The lowest BCUT2D eigenvalue weighted by atomic mass is 10.1. The Morgan fingerprint density at radius 1 is 1.28 bits per heavy atom. The molecule has 0 radical (unpaired) electrons. The van der Waals surface area contributed by atoms with Crippen LogP contribution in [-0.2, 0) is 4.74 Å². The fraction of sp³-hybridized carbons (Fsp3) is 0.632. The molecule has 2 rings (SSSR count). The van der Waals surface area contributed by atoms with Crippen LogP contribution in [0.3, 0.4) is 0 Å². The number of halogens is 1. The topological polar surface area (TPSA) is 65.9 Å². The zero-order valence-corrected chi connectivity index (χ0v) is 17.7. The molecule has 142 valence electrons. The van der Waals surface area contributed by atoms with Gasteiger partial charge in [0.1, 0.15) is 0 Å². The second-order valence-electron chi connectivity index (χ2n) is 6.44. The van der Waals surface area contributed by atoms with E-state index in [0.717, 1.165) is 50.2 Å². The van der Waals surface area contributed by atoms with Crippen LogP contribution in [-0.4, -0.2) is 43.9 Å². The van der Waals surface area contributed by atoms with E-state index < -0.39 is 6.10 Å². The smallest absolute Gasteiger partial charge is 0.191 e. The first-order valence-electron chi connectivity index (χ1n) is 9.03. The molecule has 0 heterocycles. The Balaban J connectivity index is 0.00000312. The molecule has 6 heteroatoms. The van der Waals surface area contributed by atoms with Gasteiger partial charge in [-0.25, -0.2) is 0 Å². The first-order chi connectivity index (χ1) is 11.7. The van der Waals surface area contributed by atoms with Gasteiger partial charge in [0.2, 0.25) is 0 Å². The quantitative estimate of drug-likeness (QED) is 0.217. The van der Waals surface area contributed by atoms with E-state index in [2.05, 4.69) is 15.6 Å². The Morgan fingerprint density at radius 2 is 2.00 bits per heavy atom. The molecule has 0 aromatic heterocycles. The lowest BCUT2D eigenvalue weighted by molar-refractivity contribution is 0.123. The van der Waals surface area contributed by atoms with E-state index in [-0.39, 0.29) is 24.0 Å². The Kier molecular flexibility index (Phi) is 11.1. The number of rotatable bonds is 10. The van der Waals surface area contributed by atoms with Crippen molar-refractivity contribution in [2.24, 2.45) is 10.9 Å². The van der Waals surface area contributed by atoms with Gasteiger partial charge in [0.25, 0.3) is 0 Å². The van der Waals surface area contributed by atoms with Crippen LogP contribution in [0.25, 0.3) is 0 Å². The minimum absolute atomic E-state index is 0. The summed E-state index contributed by atoms with van der Waals surface area (Å²) in [6.07, 6.45) is 3.04. The number of aliphatic imine (C=N–C) groups is 1. The fourth-order valence-electron chi connectivity index (χ4n) is 2.33. The highest BCUT2D eigenvalue weighted by molar-refractivity contribution is 14.0. The predicted molar refractivity (Wildman–Crippen MR) is 114 cm³/mol. The van der Waals surface area contributed by atoms with Crippen molar-refractivity contribution in [3.63, 3.8) is 0 Å². The Bertz CT molecular complexity index is 504. The Labute approximate surface area is 168 Å². The number of nitrogens with one attached hydrogen (secondary N) is 2. The minimum atomic E-state index is -0.581. The summed E-state index contributed by atoms with van der Waals surface area (Å²) >= 11 is 0. The van der Waals surface area contributed by atoms with E-state index in [9.17, 15) is 5.11 Å². The van der Waals surface area contributed by atoms with Crippen LogP contribution in [0.15, 0.2) is 29.3 Å². The van der Waals surface area contributed by atoms with E-state index in [1.54, 1.807) is 0 Å². The average Bonchev–Trinajstić information content (AvgIpc) is 3.40. The van der Waals surface area contributed by atoms with E-state index in [1.807, 2.05) is 38.1 Å². The summed E-state index contributed by atoms with van der Waals surface area (Å²) in [6, 6.07) is 7.92. The molecule has 1 aliphatic carbocycles. The van der Waals surface area contributed by atoms with Crippen molar-refractivity contribution in [2.45, 2.75) is 39.2 Å². The molecule has 1 aromatic carbocycles. The van der Waals surface area contributed by atoms with Crippen LogP contribution in [0, 0.1) is 12.8 Å². The highest BCUT2D eigenvalue weighted by Gasteiger charge is 2.20. The van der Waals surface area contributed by atoms with Gasteiger partial charge in [0.15, 0.2) is 5.96 Å². The van der Waals surface area contributed by atoms with Crippen molar-refractivity contribution in [1.29, 1.82) is 0 Å². The maximum absolute atomic E-state index is 10.2. The summed E-state index contributed by atoms with van der Waals surface area (Å²) in [6.45, 7) is 7.73. The summed E-state index contributed by atoms with van der Waals surface area (Å²) in [5.74, 6) is 1.56. The van der Waals surface area contributed by atoms with Crippen molar-refractivity contribution < 1.29 is 9.84 Å². The van der Waals surface area contributed by atoms with Gasteiger partial charge < -0.3 is 20.5 Å². The largest absolute Gasteiger partial charge is 0.386 e. The van der Waals surface area contributed by atoms with Crippen LogP contribution >= 0.6 is 24.0 Å². The van der Waals surface area contributed by atoms with E-state index in [4.69, 9.17) is 4.74 Å². The first kappa shape index (κ1) is 22.2. The summed E-state index contributed by atoms with van der Waals surface area (Å²) in [5.41, 5.74) is 2.09. The number of benzene rings is 1. The molecular formula is C19H32IN3O2. The van der Waals surface area contributed by atoms with Crippen LogP contribution in [0.1, 0.15) is 43.4 Å². The second-order valence-corrected chi connectivity index (χ2v) is 6.44. The third-order valence-electron chi connectivity index (χ3n) is 4.04. The molecule has 0 bridgehead atoms. The number of hydrogen-bond acceptors (Lipinski definition) is 3. The summed E-state index contributed by atoms with van der Waals surface area (Å²) in [5, 5.41) is 16.7. The number of hydrogen-bond donors (Lipinski definition) is 3. The zero-order chi connectivity index (χ0) is 17.2. The summed E-state index contributed by atoms with van der Waals surface area (Å²) < 4.78 is 5.62. The number of aliphatic hydroxyl groups is 1. The molecule has 1 atom stereocenters. The van der Waals surface area contributed by atoms with Crippen LogP contribution < -0.4 is 10.6 Å². The normalized spacial score (nSPS) is 15.4. The van der Waals surface area contributed by atoms with Gasteiger partial charge in [-0.15, -0.1) is 24.0 Å². The predicted octanol–water partition coefficient (Wildman–Crippen LogP) is 3.02. The molecule has 1 saturated carbocycles. The SMILES string of the molecule is CCNC(=NCC(O)c1ccc(C)cc1)NCCCOCC1CC1.I. The van der Waals surface area contributed by atoms with Crippen LogP contribution in [0.5, 0.6) is 0 Å². The Hall–Kier alpha value is -0.860. The van der Waals surface area contributed by atoms with Gasteiger partial charge >= 0.3 is 0 Å². The number of aliphatic hydroxyl groups excluding tert-OH is 1. The van der Waals surface area contributed by atoms with Gasteiger partial charge in [0.05, 0.1) is 12.6 Å². The van der Waals surface area contributed by atoms with Gasteiger partial charge in [-0.1, -0.05) is 29.8 Å². The maximum atomic E-state index is 10.2. The molecule has 0 aliphatic heterocycles. The number of nitrogens with zero attached hydrogens (tertiary/aromatic N) is 1. The molecule has 5 nitrogen and oxygen atoms in total. The molecular weight excluding hydrogens is 429 g/mol. The minimum Gasteiger partial charge on any atom is -0.386 e. The zero-order valence-electron chi connectivity index (χ0n) is 15.3. The van der Waals surface area contributed by atoms with Gasteiger partial charge in [-0.2, -0.15) is 0 Å². The summed E-state index contributed by atoms with van der Waals surface area (Å²) in [4.78, 5) is 4.47. The molecule has 3 N–H and O–H groups in total. The van der Waals surface area contributed by atoms with Crippen molar-refractivity contribution in [3.8, 4) is 0 Å². The van der Waals surface area contributed by atoms with Crippen LogP contribution in [0.2, 0.25) is 0 Å². The Morgan fingerprint density at radius 3 is 2.64 bits per heavy atom. The van der Waals surface area contributed by atoms with Gasteiger partial charge in [0, 0.05) is 26.3 Å². The lowest BCUT2D eigenvalue weighted by Gasteiger charge is -2.13. The molecule has 0 amide bonds. The van der Waals surface area contributed by atoms with Crippen molar-refractivity contribution >= 4 is 29.9 Å². The van der Waals surface area contributed by atoms with E-state index >= 15 is 0 Å².